The van der Waals surface area contributed by atoms with Gasteiger partial charge >= 0.3 is 0 Å². The van der Waals surface area contributed by atoms with Crippen molar-refractivity contribution in [1.82, 2.24) is 5.32 Å². The lowest BCUT2D eigenvalue weighted by atomic mass is 10.2. The van der Waals surface area contributed by atoms with Crippen molar-refractivity contribution in [3.05, 3.63) is 0 Å². The fourth-order valence-electron chi connectivity index (χ4n) is 4.48. The molecule has 1 atom stereocenters. The zero-order valence-electron chi connectivity index (χ0n) is 9.43. The van der Waals surface area contributed by atoms with Crippen LogP contribution in [0, 0.1) is 16.7 Å². The predicted octanol–water partition coefficient (Wildman–Crippen LogP) is 1.95. The largest absolute Gasteiger partial charge is 0.377 e. The number of fused-ring (bicyclic) bond motifs is 1. The first kappa shape index (κ1) is 9.00. The van der Waals surface area contributed by atoms with Gasteiger partial charge in [0.05, 0.1) is 6.10 Å². The van der Waals surface area contributed by atoms with Crippen LogP contribution in [-0.2, 0) is 4.74 Å². The van der Waals surface area contributed by atoms with Crippen LogP contribution >= 0.6 is 0 Å². The second-order valence-electron chi connectivity index (χ2n) is 6.14. The van der Waals surface area contributed by atoms with Gasteiger partial charge in [0.15, 0.2) is 0 Å². The van der Waals surface area contributed by atoms with Crippen molar-refractivity contribution in [3.8, 4) is 0 Å². The van der Waals surface area contributed by atoms with Crippen LogP contribution in [0.15, 0.2) is 0 Å². The Balaban J connectivity index is 1.25. The Morgan fingerprint density at radius 1 is 1.13 bits per heavy atom. The average Bonchev–Trinajstić information content (AvgIpc) is 3.18. The third kappa shape index (κ3) is 1.13. The molecule has 0 amide bonds. The van der Waals surface area contributed by atoms with Gasteiger partial charge in [-0.15, -0.1) is 0 Å². The van der Waals surface area contributed by atoms with E-state index in [1.54, 1.807) is 25.7 Å². The summed E-state index contributed by atoms with van der Waals surface area (Å²) in [5.74, 6) is 1.07. The third-order valence-corrected chi connectivity index (χ3v) is 5.59. The van der Waals surface area contributed by atoms with Gasteiger partial charge in [-0.3, -0.25) is 0 Å². The third-order valence-electron chi connectivity index (χ3n) is 5.59. The summed E-state index contributed by atoms with van der Waals surface area (Å²) in [6.45, 7) is 3.27. The van der Waals surface area contributed by atoms with Crippen LogP contribution < -0.4 is 5.32 Å². The SMILES string of the molecule is C1CC(OCCC2C3(CC3)C23CC3)CN1. The molecule has 0 aromatic heterocycles. The van der Waals surface area contributed by atoms with Gasteiger partial charge in [0.25, 0.3) is 0 Å². The highest BCUT2D eigenvalue weighted by molar-refractivity contribution is 5.34. The maximum absolute atomic E-state index is 5.93. The van der Waals surface area contributed by atoms with Crippen LogP contribution in [0.1, 0.15) is 38.5 Å². The van der Waals surface area contributed by atoms with Crippen molar-refractivity contribution < 1.29 is 4.74 Å². The van der Waals surface area contributed by atoms with E-state index in [4.69, 9.17) is 4.74 Å². The van der Waals surface area contributed by atoms with Crippen molar-refractivity contribution >= 4 is 0 Å². The minimum absolute atomic E-state index is 0.522. The molecular formula is C13H21NO. The Labute approximate surface area is 91.8 Å². The van der Waals surface area contributed by atoms with E-state index in [0.29, 0.717) is 6.10 Å². The lowest BCUT2D eigenvalue weighted by molar-refractivity contribution is 0.0612. The summed E-state index contributed by atoms with van der Waals surface area (Å²) in [6.07, 6.45) is 9.28. The molecular weight excluding hydrogens is 186 g/mol. The number of hydrogen-bond acceptors (Lipinski definition) is 2. The van der Waals surface area contributed by atoms with E-state index in [0.717, 1.165) is 36.4 Å². The molecule has 0 radical (unpaired) electrons. The van der Waals surface area contributed by atoms with Crippen LogP contribution in [0.5, 0.6) is 0 Å². The van der Waals surface area contributed by atoms with Gasteiger partial charge in [-0.2, -0.15) is 0 Å². The van der Waals surface area contributed by atoms with E-state index in [9.17, 15) is 0 Å². The van der Waals surface area contributed by atoms with Gasteiger partial charge in [-0.25, -0.2) is 0 Å². The minimum Gasteiger partial charge on any atom is -0.377 e. The van der Waals surface area contributed by atoms with Gasteiger partial charge in [-0.05, 0) is 61.8 Å². The summed E-state index contributed by atoms with van der Waals surface area (Å²) < 4.78 is 5.93. The van der Waals surface area contributed by atoms with E-state index in [1.165, 1.54) is 12.8 Å². The van der Waals surface area contributed by atoms with Gasteiger partial charge in [0.2, 0.25) is 0 Å². The molecule has 2 heteroatoms. The van der Waals surface area contributed by atoms with Crippen LogP contribution in [0.3, 0.4) is 0 Å². The summed E-state index contributed by atoms with van der Waals surface area (Å²) in [5, 5.41) is 3.36. The highest BCUT2D eigenvalue weighted by Gasteiger charge is 2.85. The lowest BCUT2D eigenvalue weighted by Gasteiger charge is -2.09. The molecule has 3 saturated carbocycles. The Hall–Kier alpha value is -0.0800. The number of rotatable bonds is 4. The molecule has 0 bridgehead atoms. The van der Waals surface area contributed by atoms with Crippen molar-refractivity contribution in [2.45, 2.75) is 44.6 Å². The molecule has 1 heterocycles. The van der Waals surface area contributed by atoms with Crippen LogP contribution in [0.4, 0.5) is 0 Å². The molecule has 0 aromatic carbocycles. The Morgan fingerprint density at radius 3 is 2.40 bits per heavy atom. The van der Waals surface area contributed by atoms with Crippen LogP contribution in [-0.4, -0.2) is 25.8 Å². The summed E-state index contributed by atoms with van der Waals surface area (Å²) >= 11 is 0. The van der Waals surface area contributed by atoms with Crippen molar-refractivity contribution in [1.29, 1.82) is 0 Å². The average molecular weight is 207 g/mol. The number of hydrogen-bond donors (Lipinski definition) is 1. The second kappa shape index (κ2) is 2.78. The zero-order chi connectivity index (χ0) is 9.93. The van der Waals surface area contributed by atoms with E-state index < -0.39 is 0 Å². The van der Waals surface area contributed by atoms with Crippen LogP contribution in [0.2, 0.25) is 0 Å². The summed E-state index contributed by atoms with van der Waals surface area (Å²) in [6, 6.07) is 0. The first-order valence-electron chi connectivity index (χ1n) is 6.70. The normalized spacial score (nSPS) is 38.8. The highest BCUT2D eigenvalue weighted by atomic mass is 16.5. The molecule has 4 fully saturated rings. The fraction of sp³-hybridized carbons (Fsp3) is 1.00. The molecule has 1 N–H and O–H groups in total. The van der Waals surface area contributed by atoms with E-state index >= 15 is 0 Å². The molecule has 1 saturated heterocycles. The summed E-state index contributed by atoms with van der Waals surface area (Å²) in [7, 11) is 0. The molecule has 1 aliphatic heterocycles. The molecule has 2 nitrogen and oxygen atoms in total. The van der Waals surface area contributed by atoms with Gasteiger partial charge in [0, 0.05) is 13.2 Å². The Kier molecular flexibility index (Phi) is 1.67. The Morgan fingerprint density at radius 2 is 1.87 bits per heavy atom. The van der Waals surface area contributed by atoms with Crippen molar-refractivity contribution in [3.63, 3.8) is 0 Å². The molecule has 3 aliphatic carbocycles. The molecule has 4 rings (SSSR count). The van der Waals surface area contributed by atoms with Crippen molar-refractivity contribution in [2.75, 3.05) is 19.7 Å². The maximum atomic E-state index is 5.93. The molecule has 15 heavy (non-hydrogen) atoms. The first-order valence-corrected chi connectivity index (χ1v) is 6.70. The standard InChI is InChI=1S/C13H21NO/c1-7-14-9-10(1)15-8-2-11-12(3-4-12)13(11)5-6-13/h10-11,14H,1-9H2. The fourth-order valence-corrected chi connectivity index (χ4v) is 4.48. The Bertz CT molecular complexity index is 256. The molecule has 0 aromatic rings. The van der Waals surface area contributed by atoms with Crippen LogP contribution in [0.25, 0.3) is 0 Å². The van der Waals surface area contributed by atoms with Gasteiger partial charge in [0.1, 0.15) is 0 Å². The van der Waals surface area contributed by atoms with Crippen molar-refractivity contribution in [2.24, 2.45) is 16.7 Å². The number of ether oxygens (including phenoxy) is 1. The summed E-state index contributed by atoms with van der Waals surface area (Å²) in [5.41, 5.74) is 1.76. The molecule has 2 spiro atoms. The molecule has 4 aliphatic rings. The summed E-state index contributed by atoms with van der Waals surface area (Å²) in [4.78, 5) is 0. The van der Waals surface area contributed by atoms with E-state index in [2.05, 4.69) is 5.32 Å². The highest BCUT2D eigenvalue weighted by Crippen LogP contribution is 2.93. The first-order chi connectivity index (χ1) is 7.37. The monoisotopic (exact) mass is 207 g/mol. The minimum atomic E-state index is 0.522. The lowest BCUT2D eigenvalue weighted by Crippen LogP contribution is -2.17. The zero-order valence-corrected chi connectivity index (χ0v) is 9.43. The molecule has 1 unspecified atom stereocenters. The predicted molar refractivity (Wildman–Crippen MR) is 58.7 cm³/mol. The van der Waals surface area contributed by atoms with Gasteiger partial charge in [-0.1, -0.05) is 0 Å². The topological polar surface area (TPSA) is 21.3 Å². The smallest absolute Gasteiger partial charge is 0.0711 e. The second-order valence-corrected chi connectivity index (χ2v) is 6.14. The number of nitrogens with one attached hydrogen (secondary N) is 1. The van der Waals surface area contributed by atoms with E-state index in [1.807, 2.05) is 0 Å². The molecule has 84 valence electrons. The van der Waals surface area contributed by atoms with Gasteiger partial charge < -0.3 is 10.1 Å². The van der Waals surface area contributed by atoms with E-state index in [-0.39, 0.29) is 0 Å². The quantitative estimate of drug-likeness (QED) is 0.760. The maximum Gasteiger partial charge on any atom is 0.0711 e.